The van der Waals surface area contributed by atoms with E-state index in [0.717, 1.165) is 30.4 Å². The van der Waals surface area contributed by atoms with Gasteiger partial charge in [0.1, 0.15) is 0 Å². The molecule has 3 nitrogen and oxygen atoms in total. The normalized spacial score (nSPS) is 17.6. The van der Waals surface area contributed by atoms with Crippen LogP contribution >= 0.6 is 15.9 Å². The van der Waals surface area contributed by atoms with E-state index in [1.54, 1.807) is 0 Å². The summed E-state index contributed by atoms with van der Waals surface area (Å²) in [5, 5.41) is 16.6. The number of anilines is 1. The fraction of sp³-hybridized carbons (Fsp3) is 0.375. The molecule has 0 radical (unpaired) electrons. The highest BCUT2D eigenvalue weighted by atomic mass is 79.9. The Morgan fingerprint density at radius 3 is 2.50 bits per heavy atom. The molecule has 106 valence electrons. The predicted octanol–water partition coefficient (Wildman–Crippen LogP) is 3.41. The van der Waals surface area contributed by atoms with Crippen molar-refractivity contribution in [3.05, 3.63) is 40.9 Å². The van der Waals surface area contributed by atoms with Gasteiger partial charge in [-0.2, -0.15) is 0 Å². The van der Waals surface area contributed by atoms with Crippen molar-refractivity contribution < 1.29 is 5.11 Å². The third-order valence-corrected chi connectivity index (χ3v) is 4.52. The van der Waals surface area contributed by atoms with Crippen molar-refractivity contribution in [2.24, 2.45) is 0 Å². The summed E-state index contributed by atoms with van der Waals surface area (Å²) in [4.78, 5) is 0. The fourth-order valence-electron chi connectivity index (χ4n) is 2.72. The second-order valence-electron chi connectivity index (χ2n) is 5.38. The minimum absolute atomic E-state index is 0.131. The number of fused-ring (bicyclic) bond motifs is 1. The summed E-state index contributed by atoms with van der Waals surface area (Å²) in [6.45, 7) is 1.83. The zero-order valence-corrected chi connectivity index (χ0v) is 13.2. The zero-order valence-electron chi connectivity index (χ0n) is 11.6. The van der Waals surface area contributed by atoms with Crippen molar-refractivity contribution in [1.82, 2.24) is 5.01 Å². The van der Waals surface area contributed by atoms with Gasteiger partial charge in [0.15, 0.2) is 0 Å². The number of nitrogens with zero attached hydrogens (tertiary/aromatic N) is 2. The summed E-state index contributed by atoms with van der Waals surface area (Å²) in [5.74, 6) is 0. The number of rotatable bonds is 2. The van der Waals surface area contributed by atoms with E-state index < -0.39 is 0 Å². The number of aliphatic hydroxyl groups is 1. The molecule has 0 aromatic heterocycles. The molecule has 1 aliphatic heterocycles. The molecule has 0 saturated carbocycles. The Bertz CT molecular complexity index is 608. The molecule has 3 rings (SSSR count). The fourth-order valence-corrected chi connectivity index (χ4v) is 3.10. The smallest absolute Gasteiger partial charge is 0.0566 e. The lowest BCUT2D eigenvalue weighted by atomic mass is 10.1. The second-order valence-corrected chi connectivity index (χ2v) is 6.30. The van der Waals surface area contributed by atoms with Crippen LogP contribution in [0.15, 0.2) is 40.9 Å². The maximum absolute atomic E-state index is 9.60. The number of hydrogen-bond acceptors (Lipinski definition) is 3. The first-order chi connectivity index (χ1) is 9.63. The van der Waals surface area contributed by atoms with Crippen molar-refractivity contribution in [2.45, 2.75) is 18.9 Å². The maximum Gasteiger partial charge on any atom is 0.0566 e. The Morgan fingerprint density at radius 2 is 1.75 bits per heavy atom. The van der Waals surface area contributed by atoms with Crippen LogP contribution in [-0.2, 0) is 0 Å². The lowest BCUT2D eigenvalue weighted by Crippen LogP contribution is -2.46. The highest BCUT2D eigenvalue weighted by Gasteiger charge is 2.20. The summed E-state index contributed by atoms with van der Waals surface area (Å²) in [6.07, 6.45) is 1.57. The van der Waals surface area contributed by atoms with E-state index in [1.807, 2.05) is 0 Å². The van der Waals surface area contributed by atoms with Crippen LogP contribution in [-0.4, -0.2) is 36.4 Å². The molecule has 0 amide bonds. The summed E-state index contributed by atoms with van der Waals surface area (Å²) in [7, 11) is 2.09. The van der Waals surface area contributed by atoms with E-state index in [1.165, 1.54) is 16.5 Å². The molecule has 1 N–H and O–H groups in total. The Balaban J connectivity index is 1.84. The lowest BCUT2D eigenvalue weighted by molar-refractivity contribution is 0.0797. The summed E-state index contributed by atoms with van der Waals surface area (Å²) >= 11 is 3.51. The predicted molar refractivity (Wildman–Crippen MR) is 86.9 cm³/mol. The van der Waals surface area contributed by atoms with Gasteiger partial charge >= 0.3 is 0 Å². The topological polar surface area (TPSA) is 26.7 Å². The molecule has 1 fully saturated rings. The van der Waals surface area contributed by atoms with Gasteiger partial charge in [0, 0.05) is 24.6 Å². The SMILES string of the molecule is CN(c1ccc2cc(Br)ccc2c1)N1CCC(O)CC1. The molecule has 1 heterocycles. The van der Waals surface area contributed by atoms with Gasteiger partial charge in [-0.05, 0) is 47.9 Å². The van der Waals surface area contributed by atoms with Gasteiger partial charge in [0.25, 0.3) is 0 Å². The highest BCUT2D eigenvalue weighted by molar-refractivity contribution is 9.10. The third kappa shape index (κ3) is 2.82. The Hall–Kier alpha value is -1.10. The number of hydrogen-bond donors (Lipinski definition) is 1. The number of benzene rings is 2. The molecule has 0 unspecified atom stereocenters. The molecule has 2 aromatic rings. The first-order valence-corrected chi connectivity index (χ1v) is 7.79. The Labute approximate surface area is 127 Å². The van der Waals surface area contributed by atoms with Gasteiger partial charge in [0.05, 0.1) is 11.8 Å². The zero-order chi connectivity index (χ0) is 14.1. The van der Waals surface area contributed by atoms with E-state index >= 15 is 0 Å². The van der Waals surface area contributed by atoms with Gasteiger partial charge in [0.2, 0.25) is 0 Å². The first-order valence-electron chi connectivity index (χ1n) is 6.99. The van der Waals surface area contributed by atoms with Crippen LogP contribution in [0.25, 0.3) is 10.8 Å². The highest BCUT2D eigenvalue weighted by Crippen LogP contribution is 2.26. The molecular formula is C16H19BrN2O. The quantitative estimate of drug-likeness (QED) is 0.911. The van der Waals surface area contributed by atoms with Crippen LogP contribution in [0.1, 0.15) is 12.8 Å². The minimum Gasteiger partial charge on any atom is -0.393 e. The average molecular weight is 335 g/mol. The Morgan fingerprint density at radius 1 is 1.10 bits per heavy atom. The number of halogens is 1. The largest absolute Gasteiger partial charge is 0.393 e. The van der Waals surface area contributed by atoms with E-state index in [4.69, 9.17) is 0 Å². The van der Waals surface area contributed by atoms with Crippen molar-refractivity contribution in [3.8, 4) is 0 Å². The van der Waals surface area contributed by atoms with Gasteiger partial charge in [-0.3, -0.25) is 0 Å². The summed E-state index contributed by atoms with van der Waals surface area (Å²) < 4.78 is 1.11. The van der Waals surface area contributed by atoms with Gasteiger partial charge in [-0.15, -0.1) is 0 Å². The van der Waals surface area contributed by atoms with E-state index in [9.17, 15) is 5.11 Å². The van der Waals surface area contributed by atoms with Crippen LogP contribution < -0.4 is 5.01 Å². The van der Waals surface area contributed by atoms with Crippen molar-refractivity contribution in [1.29, 1.82) is 0 Å². The van der Waals surface area contributed by atoms with Crippen LogP contribution in [0, 0.1) is 0 Å². The van der Waals surface area contributed by atoms with E-state index in [-0.39, 0.29) is 6.10 Å². The van der Waals surface area contributed by atoms with Gasteiger partial charge < -0.3 is 10.1 Å². The third-order valence-electron chi connectivity index (χ3n) is 4.02. The lowest BCUT2D eigenvalue weighted by Gasteiger charge is -2.37. The van der Waals surface area contributed by atoms with Crippen molar-refractivity contribution >= 4 is 32.4 Å². The first kappa shape index (κ1) is 13.9. The molecule has 2 aromatic carbocycles. The molecule has 0 spiro atoms. The summed E-state index contributed by atoms with van der Waals surface area (Å²) in [5.41, 5.74) is 1.19. The molecule has 0 atom stereocenters. The standard InChI is InChI=1S/C16H19BrN2O/c1-18(19-8-6-16(20)7-9-19)15-5-3-12-10-14(17)4-2-13(12)11-15/h2-5,10-11,16,20H,6-9H2,1H3. The molecule has 0 aliphatic carbocycles. The van der Waals surface area contributed by atoms with Crippen LogP contribution in [0.3, 0.4) is 0 Å². The van der Waals surface area contributed by atoms with Crippen LogP contribution in [0.4, 0.5) is 5.69 Å². The molecule has 1 saturated heterocycles. The van der Waals surface area contributed by atoms with Gasteiger partial charge in [-0.1, -0.05) is 28.1 Å². The molecular weight excluding hydrogens is 316 g/mol. The number of hydrazine groups is 1. The van der Waals surface area contributed by atoms with E-state index in [0.29, 0.717) is 0 Å². The average Bonchev–Trinajstić information content (AvgIpc) is 2.47. The van der Waals surface area contributed by atoms with Gasteiger partial charge in [-0.25, -0.2) is 5.01 Å². The maximum atomic E-state index is 9.60. The second kappa shape index (κ2) is 5.72. The summed E-state index contributed by atoms with van der Waals surface area (Å²) in [6, 6.07) is 12.9. The number of aliphatic hydroxyl groups excluding tert-OH is 1. The monoisotopic (exact) mass is 334 g/mol. The number of piperidine rings is 1. The van der Waals surface area contributed by atoms with Crippen molar-refractivity contribution in [2.75, 3.05) is 25.1 Å². The molecule has 1 aliphatic rings. The Kier molecular flexibility index (Phi) is 3.96. The molecule has 20 heavy (non-hydrogen) atoms. The molecule has 0 bridgehead atoms. The molecule has 4 heteroatoms. The van der Waals surface area contributed by atoms with Crippen molar-refractivity contribution in [3.63, 3.8) is 0 Å². The van der Waals surface area contributed by atoms with Crippen LogP contribution in [0.5, 0.6) is 0 Å². The van der Waals surface area contributed by atoms with E-state index in [2.05, 4.69) is 69.4 Å². The minimum atomic E-state index is -0.131. The van der Waals surface area contributed by atoms with Crippen LogP contribution in [0.2, 0.25) is 0 Å².